The monoisotopic (exact) mass is 344 g/mol. The number of carboxylic acids is 1. The summed E-state index contributed by atoms with van der Waals surface area (Å²) in [4.78, 5) is 23.8. The van der Waals surface area contributed by atoms with Gasteiger partial charge in [-0.15, -0.1) is 0 Å². The van der Waals surface area contributed by atoms with Gasteiger partial charge in [-0.25, -0.2) is 4.79 Å². The maximum atomic E-state index is 12.7. The summed E-state index contributed by atoms with van der Waals surface area (Å²) in [5.74, 6) is -1.14. The minimum Gasteiger partial charge on any atom is -0.479 e. The van der Waals surface area contributed by atoms with Crippen molar-refractivity contribution >= 4 is 28.5 Å². The number of carboxylic acid groups (broad SMARTS) is 1. The van der Waals surface area contributed by atoms with E-state index < -0.39 is 17.5 Å². The van der Waals surface area contributed by atoms with Crippen LogP contribution in [0, 0.1) is 0 Å². The van der Waals surface area contributed by atoms with Crippen LogP contribution in [-0.2, 0) is 4.79 Å². The van der Waals surface area contributed by atoms with Crippen molar-refractivity contribution in [3.63, 3.8) is 0 Å². The SMILES string of the molecule is C[C@@H](Oc1c(-c2ccc(Cl)cc2)oc2ccccc2c1=O)C(=O)O. The summed E-state index contributed by atoms with van der Waals surface area (Å²) in [7, 11) is 0. The highest BCUT2D eigenvalue weighted by molar-refractivity contribution is 6.30. The summed E-state index contributed by atoms with van der Waals surface area (Å²) < 4.78 is 11.2. The first-order chi connectivity index (χ1) is 11.5. The molecule has 0 aliphatic heterocycles. The molecule has 0 unspecified atom stereocenters. The first-order valence-corrected chi connectivity index (χ1v) is 7.56. The van der Waals surface area contributed by atoms with E-state index in [9.17, 15) is 9.59 Å². The van der Waals surface area contributed by atoms with Crippen LogP contribution >= 0.6 is 11.6 Å². The van der Waals surface area contributed by atoms with Gasteiger partial charge >= 0.3 is 5.97 Å². The van der Waals surface area contributed by atoms with E-state index in [-0.39, 0.29) is 11.5 Å². The van der Waals surface area contributed by atoms with Crippen molar-refractivity contribution in [2.45, 2.75) is 13.0 Å². The van der Waals surface area contributed by atoms with Crippen LogP contribution in [0.15, 0.2) is 57.7 Å². The smallest absolute Gasteiger partial charge is 0.344 e. The first-order valence-electron chi connectivity index (χ1n) is 7.18. The molecule has 0 spiro atoms. The van der Waals surface area contributed by atoms with Crippen LogP contribution in [0.5, 0.6) is 5.75 Å². The number of hydrogen-bond donors (Lipinski definition) is 1. The van der Waals surface area contributed by atoms with E-state index in [0.717, 1.165) is 0 Å². The molecule has 3 rings (SSSR count). The Kier molecular flexibility index (Phi) is 4.27. The van der Waals surface area contributed by atoms with Gasteiger partial charge in [-0.3, -0.25) is 4.79 Å². The highest BCUT2D eigenvalue weighted by atomic mass is 35.5. The molecule has 1 atom stereocenters. The fourth-order valence-electron chi connectivity index (χ4n) is 2.25. The number of para-hydroxylation sites is 1. The van der Waals surface area contributed by atoms with E-state index in [1.165, 1.54) is 6.92 Å². The van der Waals surface area contributed by atoms with Crippen LogP contribution in [0.25, 0.3) is 22.3 Å². The maximum absolute atomic E-state index is 12.7. The molecule has 0 amide bonds. The summed E-state index contributed by atoms with van der Waals surface area (Å²) in [6, 6.07) is 13.4. The summed E-state index contributed by atoms with van der Waals surface area (Å²) >= 11 is 5.89. The van der Waals surface area contributed by atoms with Crippen molar-refractivity contribution in [2.75, 3.05) is 0 Å². The van der Waals surface area contributed by atoms with Crippen LogP contribution in [0.1, 0.15) is 6.92 Å². The normalized spacial score (nSPS) is 12.1. The van der Waals surface area contributed by atoms with E-state index in [1.54, 1.807) is 48.5 Å². The number of halogens is 1. The van der Waals surface area contributed by atoms with Crippen molar-refractivity contribution in [3.8, 4) is 17.1 Å². The van der Waals surface area contributed by atoms with Crippen molar-refractivity contribution in [1.29, 1.82) is 0 Å². The molecule has 122 valence electrons. The van der Waals surface area contributed by atoms with Crippen LogP contribution in [0.2, 0.25) is 5.02 Å². The quantitative estimate of drug-likeness (QED) is 0.775. The second-order valence-electron chi connectivity index (χ2n) is 5.19. The molecule has 0 radical (unpaired) electrons. The molecule has 2 aromatic carbocycles. The van der Waals surface area contributed by atoms with Gasteiger partial charge in [0.25, 0.3) is 0 Å². The molecule has 24 heavy (non-hydrogen) atoms. The zero-order valence-electron chi connectivity index (χ0n) is 12.7. The maximum Gasteiger partial charge on any atom is 0.344 e. The third-order valence-corrected chi connectivity index (χ3v) is 3.76. The van der Waals surface area contributed by atoms with Crippen LogP contribution < -0.4 is 10.2 Å². The fraction of sp³-hybridized carbons (Fsp3) is 0.111. The minimum atomic E-state index is -1.19. The predicted octanol–water partition coefficient (Wildman–Crippen LogP) is 3.97. The van der Waals surface area contributed by atoms with Crippen LogP contribution in [0.4, 0.5) is 0 Å². The molecule has 0 aliphatic rings. The van der Waals surface area contributed by atoms with Crippen molar-refractivity contribution in [3.05, 3.63) is 63.8 Å². The molecule has 0 aliphatic carbocycles. The average Bonchev–Trinajstić information content (AvgIpc) is 2.58. The molecule has 0 fully saturated rings. The van der Waals surface area contributed by atoms with Gasteiger partial charge < -0.3 is 14.3 Å². The van der Waals surface area contributed by atoms with E-state index in [4.69, 9.17) is 25.9 Å². The topological polar surface area (TPSA) is 76.7 Å². The Morgan fingerprint density at radius 3 is 2.50 bits per heavy atom. The number of rotatable bonds is 4. The van der Waals surface area contributed by atoms with Gasteiger partial charge in [0.05, 0.1) is 5.39 Å². The number of hydrogen-bond acceptors (Lipinski definition) is 4. The van der Waals surface area contributed by atoms with E-state index in [2.05, 4.69) is 0 Å². The Hall–Kier alpha value is -2.79. The van der Waals surface area contributed by atoms with Gasteiger partial charge in [0, 0.05) is 10.6 Å². The highest BCUT2D eigenvalue weighted by Crippen LogP contribution is 2.32. The largest absolute Gasteiger partial charge is 0.479 e. The van der Waals surface area contributed by atoms with Crippen molar-refractivity contribution in [2.24, 2.45) is 0 Å². The Bertz CT molecular complexity index is 959. The minimum absolute atomic E-state index is 0.133. The van der Waals surface area contributed by atoms with Crippen molar-refractivity contribution in [1.82, 2.24) is 0 Å². The Balaban J connectivity index is 2.26. The van der Waals surface area contributed by atoms with Gasteiger partial charge in [0.15, 0.2) is 11.9 Å². The van der Waals surface area contributed by atoms with Gasteiger partial charge in [0.2, 0.25) is 11.2 Å². The number of fused-ring (bicyclic) bond motifs is 1. The van der Waals surface area contributed by atoms with Gasteiger partial charge in [-0.05, 0) is 43.3 Å². The lowest BCUT2D eigenvalue weighted by atomic mass is 10.1. The molecule has 1 aromatic heterocycles. The molecular formula is C18H13ClO5. The molecule has 0 saturated heterocycles. The van der Waals surface area contributed by atoms with Gasteiger partial charge in [0.1, 0.15) is 5.58 Å². The number of aliphatic carboxylic acids is 1. The summed E-state index contributed by atoms with van der Waals surface area (Å²) in [5.41, 5.74) is 0.535. The molecule has 5 nitrogen and oxygen atoms in total. The molecule has 1 N–H and O–H groups in total. The predicted molar refractivity (Wildman–Crippen MR) is 90.7 cm³/mol. The highest BCUT2D eigenvalue weighted by Gasteiger charge is 2.22. The molecule has 3 aromatic rings. The lowest BCUT2D eigenvalue weighted by molar-refractivity contribution is -0.144. The Labute approximate surface area is 142 Å². The van der Waals surface area contributed by atoms with Crippen LogP contribution in [-0.4, -0.2) is 17.2 Å². The van der Waals surface area contributed by atoms with Gasteiger partial charge in [-0.1, -0.05) is 23.7 Å². The summed E-state index contributed by atoms with van der Waals surface area (Å²) in [6.45, 7) is 1.35. The standard InChI is InChI=1S/C18H13ClO5/c1-10(18(21)22)23-17-15(20)13-4-2-3-5-14(13)24-16(17)11-6-8-12(19)9-7-11/h2-10H,1H3,(H,21,22)/t10-/m1/s1. The number of carbonyl (C=O) groups is 1. The molecule has 0 saturated carbocycles. The fourth-order valence-corrected chi connectivity index (χ4v) is 2.38. The average molecular weight is 345 g/mol. The lowest BCUT2D eigenvalue weighted by Gasteiger charge is -2.14. The van der Waals surface area contributed by atoms with Crippen LogP contribution in [0.3, 0.4) is 0 Å². The van der Waals surface area contributed by atoms with E-state index >= 15 is 0 Å². The zero-order chi connectivity index (χ0) is 17.3. The first kappa shape index (κ1) is 16.1. The molecule has 6 heteroatoms. The van der Waals surface area contributed by atoms with E-state index in [0.29, 0.717) is 21.6 Å². The second-order valence-corrected chi connectivity index (χ2v) is 5.63. The molecule has 1 heterocycles. The zero-order valence-corrected chi connectivity index (χ0v) is 13.4. The van der Waals surface area contributed by atoms with E-state index in [1.807, 2.05) is 0 Å². The third-order valence-electron chi connectivity index (χ3n) is 3.50. The molecular weight excluding hydrogens is 332 g/mol. The Morgan fingerprint density at radius 2 is 1.83 bits per heavy atom. The molecule has 0 bridgehead atoms. The number of benzene rings is 2. The second kappa shape index (κ2) is 6.37. The lowest BCUT2D eigenvalue weighted by Crippen LogP contribution is -2.26. The summed E-state index contributed by atoms with van der Waals surface area (Å²) in [6.07, 6.45) is -1.19. The van der Waals surface area contributed by atoms with Crippen molar-refractivity contribution < 1.29 is 19.1 Å². The van der Waals surface area contributed by atoms with Gasteiger partial charge in [-0.2, -0.15) is 0 Å². The number of ether oxygens (including phenoxy) is 1. The summed E-state index contributed by atoms with van der Waals surface area (Å²) in [5, 5.41) is 9.92. The third kappa shape index (κ3) is 2.98. The Morgan fingerprint density at radius 1 is 1.17 bits per heavy atom.